The molecule has 0 bridgehead atoms. The summed E-state index contributed by atoms with van der Waals surface area (Å²) < 4.78 is 4.71. The van der Waals surface area contributed by atoms with Crippen molar-refractivity contribution in [1.82, 2.24) is 20.5 Å². The number of aryl methyl sites for hydroxylation is 1. The van der Waals surface area contributed by atoms with Crippen molar-refractivity contribution < 1.29 is 23.9 Å². The highest BCUT2D eigenvalue weighted by Crippen LogP contribution is 2.33. The number of rotatable bonds is 13. The number of carbonyl (C=O) groups excluding carboxylic acids is 3. The summed E-state index contributed by atoms with van der Waals surface area (Å²) in [5, 5.41) is 24.5. The maximum Gasteiger partial charge on any atom is 0.300 e. The summed E-state index contributed by atoms with van der Waals surface area (Å²) in [7, 11) is 0. The molecule has 0 saturated carbocycles. The number of nitrogens with zero attached hydrogens (tertiary/aromatic N) is 4. The van der Waals surface area contributed by atoms with Crippen molar-refractivity contribution in [1.29, 1.82) is 0 Å². The molecule has 13 heteroatoms. The van der Waals surface area contributed by atoms with Crippen molar-refractivity contribution in [2.75, 3.05) is 18.4 Å². The van der Waals surface area contributed by atoms with Crippen molar-refractivity contribution in [3.8, 4) is 0 Å². The van der Waals surface area contributed by atoms with E-state index in [0.717, 1.165) is 43.0 Å². The molecule has 44 heavy (non-hydrogen) atoms. The highest BCUT2D eigenvalue weighted by molar-refractivity contribution is 8.18. The van der Waals surface area contributed by atoms with E-state index in [4.69, 9.17) is 4.63 Å². The number of carbonyl (C=O) groups is 3. The Morgan fingerprint density at radius 2 is 1.73 bits per heavy atom. The number of fused-ring (bicyclic) bond motifs is 1. The number of non-ortho nitro benzene ring substituents is 1. The van der Waals surface area contributed by atoms with Crippen LogP contribution in [0, 0.1) is 10.1 Å². The fourth-order valence-electron chi connectivity index (χ4n) is 4.78. The summed E-state index contributed by atoms with van der Waals surface area (Å²) in [6, 6.07) is 17.6. The van der Waals surface area contributed by atoms with Crippen LogP contribution in [0.15, 0.2) is 70.2 Å². The second-order valence-corrected chi connectivity index (χ2v) is 11.1. The SMILES string of the molecule is CCc1ccc(/C=C2\SC(=O)N(CCCCCCNC(=O)c3ccccc3Nc3ccc([N+](=O)[O-])c4nonc34)C2=O)cc1. The summed E-state index contributed by atoms with van der Waals surface area (Å²) >= 11 is 0.971. The summed E-state index contributed by atoms with van der Waals surface area (Å²) in [6.45, 7) is 2.89. The van der Waals surface area contributed by atoms with Crippen molar-refractivity contribution >= 4 is 63.0 Å². The summed E-state index contributed by atoms with van der Waals surface area (Å²) in [4.78, 5) is 50.6. The van der Waals surface area contributed by atoms with Crippen molar-refractivity contribution in [3.63, 3.8) is 0 Å². The number of imide groups is 1. The van der Waals surface area contributed by atoms with E-state index in [0.29, 0.717) is 41.4 Å². The fourth-order valence-corrected chi connectivity index (χ4v) is 5.64. The van der Waals surface area contributed by atoms with Crippen LogP contribution in [0.4, 0.5) is 21.9 Å². The molecule has 226 valence electrons. The first-order valence-corrected chi connectivity index (χ1v) is 15.1. The number of anilines is 2. The van der Waals surface area contributed by atoms with Crippen LogP contribution in [0.3, 0.4) is 0 Å². The zero-order chi connectivity index (χ0) is 31.1. The molecule has 5 rings (SSSR count). The number of nitro benzene ring substituents is 1. The monoisotopic (exact) mass is 614 g/mol. The summed E-state index contributed by atoms with van der Waals surface area (Å²) in [5.41, 5.74) is 3.36. The summed E-state index contributed by atoms with van der Waals surface area (Å²) in [6.07, 6.45) is 5.72. The van der Waals surface area contributed by atoms with Gasteiger partial charge in [0.25, 0.3) is 17.1 Å². The first kappa shape index (κ1) is 30.4. The number of aromatic nitrogens is 2. The Morgan fingerprint density at radius 1 is 0.977 bits per heavy atom. The molecule has 1 aliphatic heterocycles. The van der Waals surface area contributed by atoms with Gasteiger partial charge in [-0.1, -0.05) is 56.2 Å². The smallest absolute Gasteiger partial charge is 0.300 e. The lowest BCUT2D eigenvalue weighted by Gasteiger charge is -2.13. The van der Waals surface area contributed by atoms with Crippen molar-refractivity contribution in [2.45, 2.75) is 39.0 Å². The normalized spacial score (nSPS) is 14.0. The van der Waals surface area contributed by atoms with Gasteiger partial charge >= 0.3 is 5.69 Å². The van der Waals surface area contributed by atoms with Crippen molar-refractivity contribution in [2.24, 2.45) is 0 Å². The molecule has 1 aromatic heterocycles. The van der Waals surface area contributed by atoms with E-state index in [1.165, 1.54) is 22.6 Å². The molecule has 0 aliphatic carbocycles. The van der Waals surface area contributed by atoms with E-state index in [2.05, 4.69) is 27.9 Å². The molecule has 0 atom stereocenters. The van der Waals surface area contributed by atoms with Gasteiger partial charge in [0.05, 0.1) is 26.8 Å². The first-order chi connectivity index (χ1) is 21.4. The minimum Gasteiger partial charge on any atom is -0.353 e. The second kappa shape index (κ2) is 14.0. The van der Waals surface area contributed by atoms with E-state index < -0.39 is 4.92 Å². The third-order valence-electron chi connectivity index (χ3n) is 7.19. The molecule has 1 fully saturated rings. The lowest BCUT2D eigenvalue weighted by Crippen LogP contribution is -2.29. The van der Waals surface area contributed by atoms with Gasteiger partial charge in [0, 0.05) is 19.2 Å². The number of unbranched alkanes of at least 4 members (excludes halogenated alkanes) is 3. The predicted octanol–water partition coefficient (Wildman–Crippen LogP) is 6.46. The molecule has 3 aromatic carbocycles. The number of benzene rings is 3. The van der Waals surface area contributed by atoms with Crippen LogP contribution in [-0.2, 0) is 11.2 Å². The molecule has 1 saturated heterocycles. The minimum atomic E-state index is -0.566. The van der Waals surface area contributed by atoms with Crippen LogP contribution in [0.5, 0.6) is 0 Å². The molecule has 4 aromatic rings. The average molecular weight is 615 g/mol. The van der Waals surface area contributed by atoms with Gasteiger partial charge < -0.3 is 10.6 Å². The van der Waals surface area contributed by atoms with Crippen LogP contribution in [0.2, 0.25) is 0 Å². The third-order valence-corrected chi connectivity index (χ3v) is 8.09. The number of hydrogen-bond donors (Lipinski definition) is 2. The Morgan fingerprint density at radius 3 is 2.50 bits per heavy atom. The van der Waals surface area contributed by atoms with Crippen LogP contribution in [-0.4, -0.2) is 50.3 Å². The maximum atomic E-state index is 13.0. The van der Waals surface area contributed by atoms with Gasteiger partial charge in [-0.15, -0.1) is 0 Å². The molecular weight excluding hydrogens is 584 g/mol. The van der Waals surface area contributed by atoms with Gasteiger partial charge in [0.1, 0.15) is 0 Å². The van der Waals surface area contributed by atoms with Gasteiger partial charge in [0.2, 0.25) is 5.52 Å². The zero-order valence-corrected chi connectivity index (χ0v) is 24.8. The highest BCUT2D eigenvalue weighted by atomic mass is 32.2. The van der Waals surface area contributed by atoms with Crippen LogP contribution in [0.1, 0.15) is 54.1 Å². The third kappa shape index (κ3) is 6.94. The molecule has 0 spiro atoms. The number of nitrogens with one attached hydrogen (secondary N) is 2. The maximum absolute atomic E-state index is 13.0. The van der Waals surface area contributed by atoms with Gasteiger partial charge in [-0.05, 0) is 76.7 Å². The van der Waals surface area contributed by atoms with E-state index in [9.17, 15) is 24.5 Å². The Balaban J connectivity index is 1.07. The topological polar surface area (TPSA) is 161 Å². The number of para-hydroxylation sites is 1. The van der Waals surface area contributed by atoms with Gasteiger partial charge in [0.15, 0.2) is 5.52 Å². The fraction of sp³-hybridized carbons (Fsp3) is 0.258. The largest absolute Gasteiger partial charge is 0.353 e. The highest BCUT2D eigenvalue weighted by Gasteiger charge is 2.34. The van der Waals surface area contributed by atoms with E-state index in [-0.39, 0.29) is 33.8 Å². The number of amides is 3. The Kier molecular flexibility index (Phi) is 9.65. The van der Waals surface area contributed by atoms with E-state index >= 15 is 0 Å². The van der Waals surface area contributed by atoms with Gasteiger partial charge in [-0.2, -0.15) is 0 Å². The van der Waals surface area contributed by atoms with Crippen molar-refractivity contribution in [3.05, 3.63) is 92.4 Å². The molecule has 12 nitrogen and oxygen atoms in total. The summed E-state index contributed by atoms with van der Waals surface area (Å²) in [5.74, 6) is -0.535. The Hall–Kier alpha value is -5.04. The Labute approximate surface area is 257 Å². The number of hydrogen-bond acceptors (Lipinski definition) is 10. The molecule has 2 N–H and O–H groups in total. The Bertz CT molecular complexity index is 1740. The molecule has 2 heterocycles. The molecular formula is C31H30N6O6S. The van der Waals surface area contributed by atoms with Crippen LogP contribution < -0.4 is 10.6 Å². The van der Waals surface area contributed by atoms with Crippen LogP contribution >= 0.6 is 11.8 Å². The van der Waals surface area contributed by atoms with Gasteiger partial charge in [-0.25, -0.2) is 4.63 Å². The van der Waals surface area contributed by atoms with E-state index in [1.807, 2.05) is 24.3 Å². The first-order valence-electron chi connectivity index (χ1n) is 14.2. The lowest BCUT2D eigenvalue weighted by molar-refractivity contribution is -0.383. The van der Waals surface area contributed by atoms with Crippen LogP contribution in [0.25, 0.3) is 17.1 Å². The van der Waals surface area contributed by atoms with E-state index in [1.54, 1.807) is 30.3 Å². The molecule has 3 amide bonds. The molecule has 1 aliphatic rings. The lowest BCUT2D eigenvalue weighted by atomic mass is 10.1. The minimum absolute atomic E-state index is 0.00805. The number of thioether (sulfide) groups is 1. The molecule has 0 unspecified atom stereocenters. The standard InChI is InChI=1S/C31H30N6O6S/c1-2-20-11-13-21(14-12-20)19-26-30(39)36(31(40)44-26)18-8-4-3-7-17-32-29(38)22-9-5-6-10-23(22)33-24-15-16-25(37(41)42)28-27(24)34-43-35-28/h5-6,9-16,19,33H,2-4,7-8,17-18H2,1H3,(H,32,38)/b26-19-. The second-order valence-electron chi connectivity index (χ2n) is 10.1. The molecule has 0 radical (unpaired) electrons. The quantitative estimate of drug-likeness (QED) is 0.0740. The predicted molar refractivity (Wildman–Crippen MR) is 167 cm³/mol. The number of nitro groups is 1. The average Bonchev–Trinajstić information content (AvgIpc) is 3.62. The zero-order valence-electron chi connectivity index (χ0n) is 23.9. The van der Waals surface area contributed by atoms with Gasteiger partial charge in [-0.3, -0.25) is 29.4 Å².